The molecule has 1 aromatic carbocycles. The lowest BCUT2D eigenvalue weighted by atomic mass is 9.82. The third-order valence-corrected chi connectivity index (χ3v) is 3.21. The molecule has 0 aliphatic carbocycles. The van der Waals surface area contributed by atoms with E-state index >= 15 is 0 Å². The van der Waals surface area contributed by atoms with Gasteiger partial charge in [0.25, 0.3) is 0 Å². The molecule has 2 N–H and O–H groups in total. The van der Waals surface area contributed by atoms with E-state index in [9.17, 15) is 0 Å². The van der Waals surface area contributed by atoms with Gasteiger partial charge in [0, 0.05) is 13.2 Å². The Morgan fingerprint density at radius 1 is 1.24 bits per heavy atom. The molecular weight excluding hydrogens is 210 g/mol. The number of benzene rings is 1. The molecule has 17 heavy (non-hydrogen) atoms. The van der Waals surface area contributed by atoms with Crippen LogP contribution in [0.2, 0.25) is 0 Å². The predicted octanol–water partition coefficient (Wildman–Crippen LogP) is 2.93. The normalized spacial score (nSPS) is 15.6. The summed E-state index contributed by atoms with van der Waals surface area (Å²) < 4.78 is 5.56. The second-order valence-corrected chi connectivity index (χ2v) is 5.82. The van der Waals surface area contributed by atoms with E-state index in [-0.39, 0.29) is 17.6 Å². The molecule has 0 saturated carbocycles. The molecular formula is C15H25NO. The molecule has 0 saturated heterocycles. The smallest absolute Gasteiger partial charge is 0.0773 e. The summed E-state index contributed by atoms with van der Waals surface area (Å²) in [5.74, 6) is 0. The molecule has 2 heteroatoms. The first-order chi connectivity index (χ1) is 7.86. The minimum absolute atomic E-state index is 0.0288. The molecule has 96 valence electrons. The summed E-state index contributed by atoms with van der Waals surface area (Å²) >= 11 is 0. The van der Waals surface area contributed by atoms with Crippen LogP contribution in [0.5, 0.6) is 0 Å². The van der Waals surface area contributed by atoms with Crippen LogP contribution in [-0.4, -0.2) is 19.3 Å². The third-order valence-electron chi connectivity index (χ3n) is 3.21. The zero-order chi connectivity index (χ0) is 13.1. The number of hydrogen-bond donors (Lipinski definition) is 1. The molecule has 0 aromatic heterocycles. The highest BCUT2D eigenvalue weighted by molar-refractivity contribution is 5.26. The summed E-state index contributed by atoms with van der Waals surface area (Å²) in [7, 11) is 1.74. The van der Waals surface area contributed by atoms with Gasteiger partial charge in [0.2, 0.25) is 0 Å². The molecule has 0 aliphatic rings. The van der Waals surface area contributed by atoms with E-state index in [1.54, 1.807) is 7.11 Å². The largest absolute Gasteiger partial charge is 0.379 e. The Labute approximate surface area is 105 Å². The number of aryl methyl sites for hydroxylation is 1. The zero-order valence-corrected chi connectivity index (χ0v) is 11.7. The van der Waals surface area contributed by atoms with Crippen molar-refractivity contribution in [2.45, 2.75) is 46.3 Å². The number of nitrogens with two attached hydrogens (primary N) is 1. The lowest BCUT2D eigenvalue weighted by Crippen LogP contribution is -2.46. The second kappa shape index (κ2) is 5.65. The predicted molar refractivity (Wildman–Crippen MR) is 73.1 cm³/mol. The fraction of sp³-hybridized carbons (Fsp3) is 0.600. The zero-order valence-electron chi connectivity index (χ0n) is 11.7. The van der Waals surface area contributed by atoms with Crippen molar-refractivity contribution in [2.24, 2.45) is 11.1 Å². The van der Waals surface area contributed by atoms with Crippen molar-refractivity contribution >= 4 is 0 Å². The van der Waals surface area contributed by atoms with Gasteiger partial charge in [0.05, 0.1) is 6.10 Å². The summed E-state index contributed by atoms with van der Waals surface area (Å²) in [4.78, 5) is 0. The monoisotopic (exact) mass is 235 g/mol. The summed E-state index contributed by atoms with van der Waals surface area (Å²) in [6.07, 6.45) is 0.935. The van der Waals surface area contributed by atoms with Gasteiger partial charge in [-0.05, 0) is 29.9 Å². The summed E-state index contributed by atoms with van der Waals surface area (Å²) in [6.45, 7) is 8.62. The molecule has 0 radical (unpaired) electrons. The Bertz CT molecular complexity index is 354. The molecule has 0 aliphatic heterocycles. The van der Waals surface area contributed by atoms with Crippen LogP contribution in [0.1, 0.15) is 31.9 Å². The fourth-order valence-corrected chi connectivity index (χ4v) is 2.37. The van der Waals surface area contributed by atoms with E-state index in [0.29, 0.717) is 0 Å². The van der Waals surface area contributed by atoms with Crippen molar-refractivity contribution in [3.63, 3.8) is 0 Å². The lowest BCUT2D eigenvalue weighted by molar-refractivity contribution is -0.00168. The topological polar surface area (TPSA) is 35.2 Å². The fourth-order valence-electron chi connectivity index (χ4n) is 2.37. The molecule has 1 rings (SSSR count). The standard InChI is InChI=1S/C15H25NO/c1-11-8-6-7-9-12(11)10-13(16)14(17-5)15(2,3)4/h6-9,13-14H,10,16H2,1-5H3. The number of methoxy groups -OCH3 is 1. The van der Waals surface area contributed by atoms with Gasteiger partial charge in [-0.1, -0.05) is 45.0 Å². The summed E-state index contributed by atoms with van der Waals surface area (Å²) in [6, 6.07) is 8.42. The van der Waals surface area contributed by atoms with Crippen LogP contribution in [-0.2, 0) is 11.2 Å². The first kappa shape index (κ1) is 14.2. The van der Waals surface area contributed by atoms with Crippen LogP contribution in [0.4, 0.5) is 0 Å². The molecule has 0 amide bonds. The average molecular weight is 235 g/mol. The maximum atomic E-state index is 6.29. The van der Waals surface area contributed by atoms with Gasteiger partial charge in [0.1, 0.15) is 0 Å². The van der Waals surface area contributed by atoms with Gasteiger partial charge >= 0.3 is 0 Å². The van der Waals surface area contributed by atoms with Gasteiger partial charge < -0.3 is 10.5 Å². The minimum Gasteiger partial charge on any atom is -0.379 e. The van der Waals surface area contributed by atoms with Crippen LogP contribution < -0.4 is 5.73 Å². The Morgan fingerprint density at radius 2 is 1.82 bits per heavy atom. The molecule has 2 nitrogen and oxygen atoms in total. The maximum absolute atomic E-state index is 6.29. The van der Waals surface area contributed by atoms with Gasteiger partial charge in [0.15, 0.2) is 0 Å². The first-order valence-corrected chi connectivity index (χ1v) is 6.19. The molecule has 0 heterocycles. The maximum Gasteiger partial charge on any atom is 0.0773 e. The average Bonchev–Trinajstić information content (AvgIpc) is 2.20. The van der Waals surface area contributed by atoms with Gasteiger partial charge in [-0.25, -0.2) is 0 Å². The van der Waals surface area contributed by atoms with E-state index in [1.807, 2.05) is 0 Å². The Balaban J connectivity index is 2.78. The Kier molecular flexibility index (Phi) is 4.72. The quantitative estimate of drug-likeness (QED) is 0.871. The third kappa shape index (κ3) is 3.83. The summed E-state index contributed by atoms with van der Waals surface area (Å²) in [5.41, 5.74) is 8.97. The van der Waals surface area contributed by atoms with E-state index < -0.39 is 0 Å². The van der Waals surface area contributed by atoms with Crippen LogP contribution in [0.3, 0.4) is 0 Å². The van der Waals surface area contributed by atoms with Gasteiger partial charge in [-0.3, -0.25) is 0 Å². The lowest BCUT2D eigenvalue weighted by Gasteiger charge is -2.34. The highest BCUT2D eigenvalue weighted by Crippen LogP contribution is 2.25. The second-order valence-electron chi connectivity index (χ2n) is 5.82. The first-order valence-electron chi connectivity index (χ1n) is 6.19. The van der Waals surface area contributed by atoms with Gasteiger partial charge in [-0.15, -0.1) is 0 Å². The minimum atomic E-state index is 0.0288. The summed E-state index contributed by atoms with van der Waals surface area (Å²) in [5, 5.41) is 0. The molecule has 1 aromatic rings. The van der Waals surface area contributed by atoms with Crippen molar-refractivity contribution < 1.29 is 4.74 Å². The molecule has 0 fully saturated rings. The highest BCUT2D eigenvalue weighted by Gasteiger charge is 2.30. The highest BCUT2D eigenvalue weighted by atomic mass is 16.5. The number of hydrogen-bond acceptors (Lipinski definition) is 2. The SMILES string of the molecule is COC(C(N)Cc1ccccc1C)C(C)(C)C. The molecule has 0 spiro atoms. The molecule has 2 atom stereocenters. The number of ether oxygens (including phenoxy) is 1. The van der Waals surface area contributed by atoms with Crippen molar-refractivity contribution in [2.75, 3.05) is 7.11 Å². The van der Waals surface area contributed by atoms with Crippen LogP contribution in [0.25, 0.3) is 0 Å². The molecule has 0 bridgehead atoms. The Hall–Kier alpha value is -0.860. The van der Waals surface area contributed by atoms with Crippen LogP contribution in [0.15, 0.2) is 24.3 Å². The van der Waals surface area contributed by atoms with E-state index in [1.165, 1.54) is 11.1 Å². The van der Waals surface area contributed by atoms with Crippen LogP contribution >= 0.6 is 0 Å². The van der Waals surface area contributed by atoms with Crippen molar-refractivity contribution in [1.29, 1.82) is 0 Å². The van der Waals surface area contributed by atoms with Gasteiger partial charge in [-0.2, -0.15) is 0 Å². The van der Waals surface area contributed by atoms with E-state index in [0.717, 1.165) is 6.42 Å². The number of rotatable bonds is 4. The van der Waals surface area contributed by atoms with Crippen LogP contribution in [0, 0.1) is 12.3 Å². The van der Waals surface area contributed by atoms with Crippen molar-refractivity contribution in [3.8, 4) is 0 Å². The van der Waals surface area contributed by atoms with E-state index in [4.69, 9.17) is 10.5 Å². The van der Waals surface area contributed by atoms with E-state index in [2.05, 4.69) is 52.0 Å². The van der Waals surface area contributed by atoms with Crippen molar-refractivity contribution in [1.82, 2.24) is 0 Å². The van der Waals surface area contributed by atoms with Crippen molar-refractivity contribution in [3.05, 3.63) is 35.4 Å². The Morgan fingerprint density at radius 3 is 2.29 bits per heavy atom. The molecule has 2 unspecified atom stereocenters.